The fraction of sp³-hybridized carbons (Fsp3) is 0.333. The van der Waals surface area contributed by atoms with Crippen LogP contribution in [0.4, 0.5) is 18.2 Å². The van der Waals surface area contributed by atoms with E-state index < -0.39 is 12.7 Å². The zero-order valence-electron chi connectivity index (χ0n) is 5.48. The van der Waals surface area contributed by atoms with Crippen LogP contribution in [-0.2, 0) is 0 Å². The lowest BCUT2D eigenvalue weighted by molar-refractivity contribution is -0.115. The van der Waals surface area contributed by atoms with Crippen molar-refractivity contribution >= 4 is 16.3 Å². The van der Waals surface area contributed by atoms with Crippen molar-refractivity contribution in [2.24, 2.45) is 0 Å². The van der Waals surface area contributed by atoms with Crippen molar-refractivity contribution in [1.82, 2.24) is 0 Å². The van der Waals surface area contributed by atoms with Crippen LogP contribution in [0.15, 0.2) is 17.5 Å². The molecule has 0 aliphatic heterocycles. The molecule has 0 saturated heterocycles. The molecule has 0 amide bonds. The molecule has 11 heavy (non-hydrogen) atoms. The van der Waals surface area contributed by atoms with Crippen molar-refractivity contribution in [3.8, 4) is 0 Å². The molecule has 0 radical (unpaired) electrons. The van der Waals surface area contributed by atoms with E-state index in [2.05, 4.69) is 5.32 Å². The van der Waals surface area contributed by atoms with Gasteiger partial charge in [-0.05, 0) is 17.5 Å². The lowest BCUT2D eigenvalue weighted by Crippen LogP contribution is -2.20. The molecule has 1 rings (SSSR count). The largest absolute Gasteiger partial charge is 0.405 e. The Morgan fingerprint density at radius 1 is 1.45 bits per heavy atom. The zero-order chi connectivity index (χ0) is 8.32. The second-order valence-electron chi connectivity index (χ2n) is 1.95. The summed E-state index contributed by atoms with van der Waals surface area (Å²) in [7, 11) is 0. The number of hydrogen-bond acceptors (Lipinski definition) is 2. The molecule has 1 heterocycles. The number of anilines is 1. The van der Waals surface area contributed by atoms with Gasteiger partial charge in [0.2, 0.25) is 0 Å². The summed E-state index contributed by atoms with van der Waals surface area (Å²) in [5, 5.41) is 4.52. The van der Waals surface area contributed by atoms with Gasteiger partial charge < -0.3 is 5.32 Å². The molecule has 0 spiro atoms. The van der Waals surface area contributed by atoms with Gasteiger partial charge in [-0.1, -0.05) is 0 Å². The first-order valence-electron chi connectivity index (χ1n) is 2.92. The fourth-order valence-corrected chi connectivity index (χ4v) is 1.18. The van der Waals surface area contributed by atoms with Crippen molar-refractivity contribution in [2.45, 2.75) is 6.18 Å². The Balaban J connectivity index is 2.35. The van der Waals surface area contributed by atoms with E-state index in [9.17, 15) is 13.2 Å². The molecule has 5 heteroatoms. The molecule has 1 N–H and O–H groups in total. The van der Waals surface area contributed by atoms with Gasteiger partial charge in [-0.25, -0.2) is 0 Å². The Hall–Kier alpha value is -0.710. The molecule has 0 aromatic carbocycles. The van der Waals surface area contributed by atoms with E-state index in [1.54, 1.807) is 17.5 Å². The van der Waals surface area contributed by atoms with Crippen LogP contribution < -0.4 is 5.32 Å². The molecular weight excluding hydrogens is 175 g/mol. The van der Waals surface area contributed by atoms with Gasteiger partial charge in [-0.15, -0.1) is 11.3 Å². The third kappa shape index (κ3) is 3.27. The van der Waals surface area contributed by atoms with Crippen LogP contribution in [0, 0.1) is 0 Å². The van der Waals surface area contributed by atoms with Crippen molar-refractivity contribution in [3.05, 3.63) is 17.5 Å². The molecule has 1 nitrogen and oxygen atoms in total. The first-order chi connectivity index (χ1) is 5.08. The molecule has 0 aliphatic carbocycles. The molecule has 1 aromatic rings. The number of hydrogen-bond donors (Lipinski definition) is 1. The molecule has 0 bridgehead atoms. The summed E-state index contributed by atoms with van der Waals surface area (Å²) < 4.78 is 34.8. The standard InChI is InChI=1S/C6H6F3NS/c7-6(8,9)4-10-5-2-1-3-11-5/h1-3,10H,4H2. The quantitative estimate of drug-likeness (QED) is 0.739. The zero-order valence-corrected chi connectivity index (χ0v) is 6.30. The Bertz CT molecular complexity index is 204. The van der Waals surface area contributed by atoms with E-state index in [1.807, 2.05) is 0 Å². The number of nitrogens with one attached hydrogen (secondary N) is 1. The van der Waals surface area contributed by atoms with E-state index in [0.29, 0.717) is 5.00 Å². The Kier molecular flexibility index (Phi) is 2.38. The molecule has 0 aliphatic rings. The smallest absolute Gasteiger partial charge is 0.368 e. The van der Waals surface area contributed by atoms with Crippen LogP contribution in [0.25, 0.3) is 0 Å². The predicted octanol–water partition coefficient (Wildman–Crippen LogP) is 2.72. The van der Waals surface area contributed by atoms with Gasteiger partial charge in [-0.3, -0.25) is 0 Å². The molecule has 1 aromatic heterocycles. The summed E-state index contributed by atoms with van der Waals surface area (Å²) in [6, 6.07) is 3.31. The SMILES string of the molecule is FC(F)(F)CNc1cccs1. The molecule has 0 fully saturated rings. The Labute approximate surface area is 65.8 Å². The van der Waals surface area contributed by atoms with E-state index in [1.165, 1.54) is 11.3 Å². The number of rotatable bonds is 2. The highest BCUT2D eigenvalue weighted by Gasteiger charge is 2.26. The van der Waals surface area contributed by atoms with Crippen LogP contribution in [0.1, 0.15) is 0 Å². The topological polar surface area (TPSA) is 12.0 Å². The van der Waals surface area contributed by atoms with Crippen molar-refractivity contribution < 1.29 is 13.2 Å². The minimum Gasteiger partial charge on any atom is -0.368 e. The predicted molar refractivity (Wildman–Crippen MR) is 38.9 cm³/mol. The van der Waals surface area contributed by atoms with Crippen LogP contribution in [-0.4, -0.2) is 12.7 Å². The van der Waals surface area contributed by atoms with E-state index in [-0.39, 0.29) is 0 Å². The van der Waals surface area contributed by atoms with Gasteiger partial charge in [0, 0.05) is 0 Å². The minimum absolute atomic E-state index is 0.544. The van der Waals surface area contributed by atoms with Gasteiger partial charge in [0.15, 0.2) is 0 Å². The van der Waals surface area contributed by atoms with Crippen molar-refractivity contribution in [3.63, 3.8) is 0 Å². The highest BCUT2D eigenvalue weighted by Crippen LogP contribution is 2.19. The highest BCUT2D eigenvalue weighted by atomic mass is 32.1. The van der Waals surface area contributed by atoms with Gasteiger partial charge in [0.25, 0.3) is 0 Å². The summed E-state index contributed by atoms with van der Waals surface area (Å²) in [5.41, 5.74) is 0. The lowest BCUT2D eigenvalue weighted by Gasteiger charge is -2.06. The van der Waals surface area contributed by atoms with Gasteiger partial charge in [0.05, 0.1) is 5.00 Å². The van der Waals surface area contributed by atoms with Gasteiger partial charge in [0.1, 0.15) is 6.54 Å². The maximum Gasteiger partial charge on any atom is 0.405 e. The second kappa shape index (κ2) is 3.13. The first kappa shape index (κ1) is 8.39. The number of alkyl halides is 3. The summed E-state index contributed by atoms with van der Waals surface area (Å²) in [4.78, 5) is 0. The second-order valence-corrected chi connectivity index (χ2v) is 2.89. The summed E-state index contributed by atoms with van der Waals surface area (Å²) in [6.07, 6.45) is -4.13. The van der Waals surface area contributed by atoms with Crippen LogP contribution in [0.3, 0.4) is 0 Å². The maximum absolute atomic E-state index is 11.6. The minimum atomic E-state index is -4.13. The van der Waals surface area contributed by atoms with Gasteiger partial charge in [-0.2, -0.15) is 13.2 Å². The molecular formula is C6H6F3NS. The molecule has 62 valence electrons. The summed E-state index contributed by atoms with van der Waals surface area (Å²) >= 11 is 1.25. The summed E-state index contributed by atoms with van der Waals surface area (Å²) in [6.45, 7) is -0.965. The average Bonchev–Trinajstić information content (AvgIpc) is 2.32. The normalized spacial score (nSPS) is 11.5. The third-order valence-corrected chi connectivity index (χ3v) is 1.81. The number of halogens is 3. The summed E-state index contributed by atoms with van der Waals surface area (Å²) in [5.74, 6) is 0. The molecule has 0 atom stereocenters. The Morgan fingerprint density at radius 3 is 2.64 bits per heavy atom. The molecule has 0 unspecified atom stereocenters. The lowest BCUT2D eigenvalue weighted by atomic mass is 10.6. The highest BCUT2D eigenvalue weighted by molar-refractivity contribution is 7.14. The van der Waals surface area contributed by atoms with Crippen LogP contribution >= 0.6 is 11.3 Å². The van der Waals surface area contributed by atoms with Crippen molar-refractivity contribution in [1.29, 1.82) is 0 Å². The first-order valence-corrected chi connectivity index (χ1v) is 3.80. The molecule has 0 saturated carbocycles. The van der Waals surface area contributed by atoms with Crippen molar-refractivity contribution in [2.75, 3.05) is 11.9 Å². The van der Waals surface area contributed by atoms with Crippen LogP contribution in [0.5, 0.6) is 0 Å². The van der Waals surface area contributed by atoms with E-state index >= 15 is 0 Å². The number of thiophene rings is 1. The fourth-order valence-electron chi connectivity index (χ4n) is 0.566. The monoisotopic (exact) mass is 181 g/mol. The average molecular weight is 181 g/mol. The van der Waals surface area contributed by atoms with Gasteiger partial charge >= 0.3 is 6.18 Å². The van der Waals surface area contributed by atoms with E-state index in [4.69, 9.17) is 0 Å². The van der Waals surface area contributed by atoms with E-state index in [0.717, 1.165) is 0 Å². The maximum atomic E-state index is 11.6. The Morgan fingerprint density at radius 2 is 2.18 bits per heavy atom. The third-order valence-electron chi connectivity index (χ3n) is 0.984. The van der Waals surface area contributed by atoms with Crippen LogP contribution in [0.2, 0.25) is 0 Å².